The van der Waals surface area contributed by atoms with E-state index in [-0.39, 0.29) is 103 Å². The molecule has 0 spiro atoms. The molecular weight excluding hydrogens is 593 g/mol. The monoisotopic (exact) mass is 634 g/mol. The van der Waals surface area contributed by atoms with E-state index in [1.165, 1.54) is 0 Å². The van der Waals surface area contributed by atoms with Crippen LogP contribution in [0.15, 0.2) is 186 Å². The zero-order valence-electron chi connectivity index (χ0n) is 37.8. The number of fused-ring (bicyclic) bond motifs is 6. The highest BCUT2D eigenvalue weighted by Crippen LogP contribution is 2.48. The van der Waals surface area contributed by atoms with Crippen molar-refractivity contribution in [3.05, 3.63) is 182 Å². The van der Waals surface area contributed by atoms with Crippen molar-refractivity contribution in [2.24, 2.45) is 0 Å². The van der Waals surface area contributed by atoms with Gasteiger partial charge in [-0.05, 0) is 95.0 Å². The Morgan fingerprint density at radius 2 is 0.898 bits per heavy atom. The van der Waals surface area contributed by atoms with Crippen LogP contribution in [0, 0.1) is 0 Å². The van der Waals surface area contributed by atoms with Gasteiger partial charge in [-0.3, -0.25) is 0 Å². The molecule has 0 aliphatic carbocycles. The first-order valence-electron chi connectivity index (χ1n) is 21.9. The lowest BCUT2D eigenvalue weighted by atomic mass is 9.83. The fourth-order valence-electron chi connectivity index (χ4n) is 7.00. The number of hydrogen-bond acceptors (Lipinski definition) is 1. The molecule has 0 aliphatic heterocycles. The standard InChI is InChI=1S/C48H30O/c1-3-14-31(15-4-1)33-26-29-44-43(30-33)48-42(24-13-25-45(48)49-44)47-39-22-11-9-20-37(39)46(38-21-10-12-23-40(38)47)41-28-27-34(32-16-5-2-6-17-32)35-18-7-8-19-36(35)41/h1-30H/i7D,8D,13D,18D,19D,24D,25D,26D,27D,28D,29D,30D. The molecule has 0 amide bonds. The number of furan rings is 1. The molecule has 1 aromatic heterocycles. The van der Waals surface area contributed by atoms with Crippen molar-refractivity contribution >= 4 is 54.3 Å². The zero-order chi connectivity index (χ0) is 42.8. The van der Waals surface area contributed by atoms with Crippen LogP contribution in [0.3, 0.4) is 0 Å². The number of hydrogen-bond donors (Lipinski definition) is 0. The second kappa shape index (κ2) is 11.1. The summed E-state index contributed by atoms with van der Waals surface area (Å²) < 4.78 is 117. The lowest BCUT2D eigenvalue weighted by molar-refractivity contribution is 0.669. The SMILES string of the molecule is [2H]c1c(-c2ccccc2)c([2H])c2c(oc3c([2H])c([2H])c([2H])c(-c4c5ccccc5c(-c5c([2H])c([2H])c(-c6ccccc6)c6c([2H])c([2H])c([2H])c([2H])c56)c5ccccc45)c32)c1[2H]. The van der Waals surface area contributed by atoms with Crippen molar-refractivity contribution in [1.29, 1.82) is 0 Å². The minimum atomic E-state index is -0.489. The van der Waals surface area contributed by atoms with E-state index in [9.17, 15) is 8.22 Å². The van der Waals surface area contributed by atoms with Gasteiger partial charge in [0.1, 0.15) is 11.2 Å². The Bertz CT molecular complexity index is 3490. The minimum Gasteiger partial charge on any atom is -0.456 e. The molecule has 0 fully saturated rings. The lowest BCUT2D eigenvalue weighted by Gasteiger charge is -2.20. The second-order valence-electron chi connectivity index (χ2n) is 11.8. The van der Waals surface area contributed by atoms with Gasteiger partial charge in [-0.25, -0.2) is 0 Å². The topological polar surface area (TPSA) is 13.1 Å². The summed E-state index contributed by atoms with van der Waals surface area (Å²) in [6, 6.07) is 28.0. The normalized spacial score (nSPS) is 15.1. The van der Waals surface area contributed by atoms with Crippen LogP contribution < -0.4 is 0 Å². The fraction of sp³-hybridized carbons (Fsp3) is 0. The van der Waals surface area contributed by atoms with Crippen molar-refractivity contribution in [3.8, 4) is 44.5 Å². The summed E-state index contributed by atoms with van der Waals surface area (Å²) in [4.78, 5) is 0. The van der Waals surface area contributed by atoms with E-state index in [2.05, 4.69) is 0 Å². The van der Waals surface area contributed by atoms with Gasteiger partial charge >= 0.3 is 0 Å². The molecule has 0 saturated heterocycles. The van der Waals surface area contributed by atoms with Gasteiger partial charge in [0.2, 0.25) is 0 Å². The largest absolute Gasteiger partial charge is 0.456 e. The predicted octanol–water partition coefficient (Wildman–Crippen LogP) is 13.7. The second-order valence-corrected chi connectivity index (χ2v) is 11.8. The van der Waals surface area contributed by atoms with Gasteiger partial charge in [0.05, 0.1) is 16.4 Å². The zero-order valence-corrected chi connectivity index (χ0v) is 25.8. The van der Waals surface area contributed by atoms with E-state index in [1.54, 1.807) is 97.1 Å². The van der Waals surface area contributed by atoms with Gasteiger partial charge in [0.25, 0.3) is 0 Å². The molecule has 0 bridgehead atoms. The van der Waals surface area contributed by atoms with E-state index in [0.717, 1.165) is 0 Å². The lowest BCUT2D eigenvalue weighted by Crippen LogP contribution is -1.92. The average molecular weight is 635 g/mol. The van der Waals surface area contributed by atoms with Gasteiger partial charge in [-0.1, -0.05) is 164 Å². The maximum absolute atomic E-state index is 9.70. The van der Waals surface area contributed by atoms with Gasteiger partial charge in [-0.15, -0.1) is 0 Å². The number of benzene rings is 9. The third-order valence-corrected chi connectivity index (χ3v) is 9.13. The summed E-state index contributed by atoms with van der Waals surface area (Å²) in [6.07, 6.45) is 0. The molecular formula is C48H30O. The van der Waals surface area contributed by atoms with E-state index in [1.807, 2.05) is 12.1 Å². The first-order chi connectivity index (χ1) is 29.3. The van der Waals surface area contributed by atoms with E-state index in [0.29, 0.717) is 43.8 Å². The molecule has 49 heavy (non-hydrogen) atoms. The smallest absolute Gasteiger partial charge is 0.136 e. The van der Waals surface area contributed by atoms with Crippen LogP contribution in [0.5, 0.6) is 0 Å². The summed E-state index contributed by atoms with van der Waals surface area (Å²) in [5.41, 5.74) is 2.36. The Morgan fingerprint density at radius 1 is 0.347 bits per heavy atom. The molecule has 1 heteroatoms. The maximum Gasteiger partial charge on any atom is 0.136 e. The van der Waals surface area contributed by atoms with Crippen LogP contribution in [0.4, 0.5) is 0 Å². The molecule has 0 atom stereocenters. The highest BCUT2D eigenvalue weighted by atomic mass is 16.3. The van der Waals surface area contributed by atoms with Crippen molar-refractivity contribution in [3.63, 3.8) is 0 Å². The molecule has 10 aromatic rings. The van der Waals surface area contributed by atoms with Crippen LogP contribution in [0.25, 0.3) is 98.8 Å². The van der Waals surface area contributed by atoms with Gasteiger partial charge in [-0.2, -0.15) is 0 Å². The third kappa shape index (κ3) is 4.33. The maximum atomic E-state index is 9.70. The van der Waals surface area contributed by atoms with Crippen molar-refractivity contribution in [1.82, 2.24) is 0 Å². The predicted molar refractivity (Wildman–Crippen MR) is 208 cm³/mol. The van der Waals surface area contributed by atoms with Crippen LogP contribution in [-0.4, -0.2) is 0 Å². The van der Waals surface area contributed by atoms with E-state index in [4.69, 9.17) is 12.6 Å². The summed E-state index contributed by atoms with van der Waals surface area (Å²) >= 11 is 0. The molecule has 1 nitrogen and oxygen atoms in total. The molecule has 0 unspecified atom stereocenters. The summed E-state index contributed by atoms with van der Waals surface area (Å²) in [6.45, 7) is 0. The van der Waals surface area contributed by atoms with Gasteiger partial charge in [0.15, 0.2) is 0 Å². The summed E-state index contributed by atoms with van der Waals surface area (Å²) in [7, 11) is 0. The van der Waals surface area contributed by atoms with E-state index < -0.39 is 24.2 Å². The summed E-state index contributed by atoms with van der Waals surface area (Å²) in [5.74, 6) is 0. The molecule has 9 aromatic carbocycles. The molecule has 10 rings (SSSR count). The Hall–Kier alpha value is -6.44. The molecule has 0 saturated carbocycles. The Morgan fingerprint density at radius 3 is 1.55 bits per heavy atom. The Labute approximate surface area is 301 Å². The first kappa shape index (κ1) is 18.2. The number of rotatable bonds is 4. The molecule has 1 heterocycles. The minimum absolute atomic E-state index is 0.0757. The Balaban J connectivity index is 1.42. The quantitative estimate of drug-likeness (QED) is 0.176. The Kier molecular flexibility index (Phi) is 4.11. The highest BCUT2D eigenvalue weighted by Gasteiger charge is 2.21. The molecule has 228 valence electrons. The molecule has 0 aliphatic rings. The van der Waals surface area contributed by atoms with Gasteiger partial charge in [0, 0.05) is 10.8 Å². The summed E-state index contributed by atoms with van der Waals surface area (Å²) in [5, 5.41) is 2.52. The van der Waals surface area contributed by atoms with Crippen molar-refractivity contribution in [2.45, 2.75) is 0 Å². The molecule has 0 radical (unpaired) electrons. The van der Waals surface area contributed by atoms with Gasteiger partial charge < -0.3 is 4.42 Å². The van der Waals surface area contributed by atoms with Crippen LogP contribution >= 0.6 is 0 Å². The molecule has 0 N–H and O–H groups in total. The highest BCUT2D eigenvalue weighted by molar-refractivity contribution is 6.27. The average Bonchev–Trinajstić information content (AvgIpc) is 3.68. The van der Waals surface area contributed by atoms with Crippen molar-refractivity contribution < 1.29 is 20.9 Å². The van der Waals surface area contributed by atoms with Crippen molar-refractivity contribution in [2.75, 3.05) is 0 Å². The first-order valence-corrected chi connectivity index (χ1v) is 15.9. The van der Waals surface area contributed by atoms with Crippen LogP contribution in [-0.2, 0) is 0 Å². The van der Waals surface area contributed by atoms with E-state index >= 15 is 0 Å². The third-order valence-electron chi connectivity index (χ3n) is 9.13. The fourth-order valence-corrected chi connectivity index (χ4v) is 7.00. The van der Waals surface area contributed by atoms with Crippen LogP contribution in [0.1, 0.15) is 16.4 Å². The van der Waals surface area contributed by atoms with Crippen LogP contribution in [0.2, 0.25) is 0 Å².